The van der Waals surface area contributed by atoms with Crippen LogP contribution >= 0.6 is 0 Å². The summed E-state index contributed by atoms with van der Waals surface area (Å²) in [5.41, 5.74) is 2.76. The van der Waals surface area contributed by atoms with E-state index in [4.69, 9.17) is 19.0 Å². The summed E-state index contributed by atoms with van der Waals surface area (Å²) in [4.78, 5) is 28.8. The third kappa shape index (κ3) is 4.29. The summed E-state index contributed by atoms with van der Waals surface area (Å²) in [7, 11) is 4.47. The van der Waals surface area contributed by atoms with Gasteiger partial charge in [0.2, 0.25) is 11.7 Å². The predicted molar refractivity (Wildman–Crippen MR) is 86.1 cm³/mol. The van der Waals surface area contributed by atoms with Gasteiger partial charge in [-0.3, -0.25) is 14.4 Å². The number of carbonyl (C=O) groups is 2. The summed E-state index contributed by atoms with van der Waals surface area (Å²) in [5.74, 6) is 0.669. The molecular formula is C16H22N2O6. The van der Waals surface area contributed by atoms with Crippen LogP contribution in [0.5, 0.6) is 17.2 Å². The summed E-state index contributed by atoms with van der Waals surface area (Å²) in [6.45, 7) is 1.54. The summed E-state index contributed by atoms with van der Waals surface area (Å²) >= 11 is 0. The van der Waals surface area contributed by atoms with E-state index in [2.05, 4.69) is 10.8 Å². The minimum absolute atomic E-state index is 0.00960. The van der Waals surface area contributed by atoms with Crippen molar-refractivity contribution >= 4 is 17.5 Å². The van der Waals surface area contributed by atoms with E-state index >= 15 is 0 Å². The van der Waals surface area contributed by atoms with Crippen LogP contribution in [0.4, 0.5) is 5.69 Å². The molecular weight excluding hydrogens is 316 g/mol. The number of methoxy groups -OCH3 is 3. The average molecular weight is 338 g/mol. The Morgan fingerprint density at radius 2 is 1.67 bits per heavy atom. The Morgan fingerprint density at radius 1 is 1.08 bits per heavy atom. The number of rotatable bonds is 8. The Morgan fingerprint density at radius 3 is 2.12 bits per heavy atom. The fourth-order valence-electron chi connectivity index (χ4n) is 2.03. The molecule has 0 heterocycles. The van der Waals surface area contributed by atoms with Crippen LogP contribution in [0, 0.1) is 5.92 Å². The van der Waals surface area contributed by atoms with Gasteiger partial charge in [0.1, 0.15) is 0 Å². The second-order valence-electron chi connectivity index (χ2n) is 5.40. The largest absolute Gasteiger partial charge is 0.493 e. The molecule has 2 amide bonds. The minimum Gasteiger partial charge on any atom is -0.493 e. The highest BCUT2D eigenvalue weighted by molar-refractivity contribution is 5.94. The molecule has 0 radical (unpaired) electrons. The first-order valence-corrected chi connectivity index (χ1v) is 7.56. The standard InChI is InChI=1S/C16H22N2O6/c1-9(24-18-16(20)10-5-6-10)15(19)17-11-7-12(21-2)14(23-4)13(8-11)22-3/h7-10H,5-6H2,1-4H3,(H,17,19)(H,18,20). The van der Waals surface area contributed by atoms with Crippen molar-refractivity contribution in [2.75, 3.05) is 26.6 Å². The average Bonchev–Trinajstić information content (AvgIpc) is 3.43. The van der Waals surface area contributed by atoms with Crippen LogP contribution in [0.1, 0.15) is 19.8 Å². The van der Waals surface area contributed by atoms with Gasteiger partial charge in [0.15, 0.2) is 17.6 Å². The molecule has 1 aromatic rings. The number of ether oxygens (including phenoxy) is 3. The highest BCUT2D eigenvalue weighted by atomic mass is 16.7. The SMILES string of the molecule is COc1cc(NC(=O)C(C)ONC(=O)C2CC2)cc(OC)c1OC. The molecule has 8 nitrogen and oxygen atoms in total. The van der Waals surface area contributed by atoms with Crippen LogP contribution in [0.25, 0.3) is 0 Å². The maximum Gasteiger partial charge on any atom is 0.255 e. The Labute approximate surface area is 140 Å². The van der Waals surface area contributed by atoms with Crippen molar-refractivity contribution in [1.82, 2.24) is 5.48 Å². The van der Waals surface area contributed by atoms with Crippen molar-refractivity contribution in [1.29, 1.82) is 0 Å². The van der Waals surface area contributed by atoms with Gasteiger partial charge < -0.3 is 19.5 Å². The van der Waals surface area contributed by atoms with Gasteiger partial charge in [0.05, 0.1) is 21.3 Å². The van der Waals surface area contributed by atoms with Crippen molar-refractivity contribution in [2.45, 2.75) is 25.9 Å². The van der Waals surface area contributed by atoms with Gasteiger partial charge in [-0.15, -0.1) is 0 Å². The monoisotopic (exact) mass is 338 g/mol. The molecule has 24 heavy (non-hydrogen) atoms. The molecule has 2 N–H and O–H groups in total. The van der Waals surface area contributed by atoms with E-state index in [1.807, 2.05) is 0 Å². The van der Waals surface area contributed by atoms with E-state index in [1.54, 1.807) is 19.1 Å². The van der Waals surface area contributed by atoms with Crippen molar-refractivity contribution < 1.29 is 28.6 Å². The summed E-state index contributed by atoms with van der Waals surface area (Å²) < 4.78 is 15.7. The topological polar surface area (TPSA) is 95.1 Å². The van der Waals surface area contributed by atoms with Crippen LogP contribution in [-0.2, 0) is 14.4 Å². The number of hydrogen-bond acceptors (Lipinski definition) is 6. The van der Waals surface area contributed by atoms with Crippen molar-refractivity contribution in [3.05, 3.63) is 12.1 Å². The smallest absolute Gasteiger partial charge is 0.255 e. The van der Waals surface area contributed by atoms with Crippen LogP contribution in [0.3, 0.4) is 0 Å². The van der Waals surface area contributed by atoms with Gasteiger partial charge in [0, 0.05) is 23.7 Å². The van der Waals surface area contributed by atoms with Gasteiger partial charge in [-0.25, -0.2) is 5.48 Å². The molecule has 0 bridgehead atoms. The zero-order valence-electron chi connectivity index (χ0n) is 14.2. The molecule has 0 spiro atoms. The number of anilines is 1. The number of hydrogen-bond donors (Lipinski definition) is 2. The van der Waals surface area contributed by atoms with Crippen LogP contribution in [0.2, 0.25) is 0 Å². The first-order valence-electron chi connectivity index (χ1n) is 7.56. The molecule has 132 valence electrons. The van der Waals surface area contributed by atoms with Gasteiger partial charge in [-0.1, -0.05) is 0 Å². The lowest BCUT2D eigenvalue weighted by Crippen LogP contribution is -2.36. The molecule has 1 saturated carbocycles. The maximum atomic E-state index is 12.2. The summed E-state index contributed by atoms with van der Waals surface area (Å²) in [6.07, 6.45) is 0.870. The Balaban J connectivity index is 2.00. The highest BCUT2D eigenvalue weighted by Gasteiger charge is 2.30. The molecule has 0 saturated heterocycles. The summed E-state index contributed by atoms with van der Waals surface area (Å²) in [5, 5.41) is 2.68. The van der Waals surface area contributed by atoms with Gasteiger partial charge >= 0.3 is 0 Å². The maximum absolute atomic E-state index is 12.2. The van der Waals surface area contributed by atoms with Crippen LogP contribution < -0.4 is 25.0 Å². The first kappa shape index (κ1) is 17.9. The fourth-order valence-corrected chi connectivity index (χ4v) is 2.03. The fraction of sp³-hybridized carbons (Fsp3) is 0.500. The molecule has 1 aromatic carbocycles. The molecule has 1 aliphatic rings. The normalized spacial score (nSPS) is 14.5. The summed E-state index contributed by atoms with van der Waals surface area (Å²) in [6, 6.07) is 3.21. The van der Waals surface area contributed by atoms with E-state index in [-0.39, 0.29) is 11.8 Å². The van der Waals surface area contributed by atoms with Crippen LogP contribution in [-0.4, -0.2) is 39.2 Å². The Kier molecular flexibility index (Phi) is 5.86. The zero-order chi connectivity index (χ0) is 17.7. The first-order chi connectivity index (χ1) is 11.5. The Bertz CT molecular complexity index is 590. The molecule has 0 aliphatic heterocycles. The predicted octanol–water partition coefficient (Wildman–Crippen LogP) is 1.50. The van der Waals surface area contributed by atoms with Gasteiger partial charge in [-0.05, 0) is 19.8 Å². The molecule has 2 rings (SSSR count). The lowest BCUT2D eigenvalue weighted by molar-refractivity contribution is -0.145. The second kappa shape index (κ2) is 7.87. The zero-order valence-corrected chi connectivity index (χ0v) is 14.2. The molecule has 8 heteroatoms. The van der Waals surface area contributed by atoms with Crippen LogP contribution in [0.15, 0.2) is 12.1 Å². The van der Waals surface area contributed by atoms with E-state index in [0.29, 0.717) is 22.9 Å². The molecule has 1 fully saturated rings. The number of hydroxylamine groups is 1. The molecule has 1 unspecified atom stereocenters. The quantitative estimate of drug-likeness (QED) is 0.698. The lowest BCUT2D eigenvalue weighted by atomic mass is 10.2. The third-order valence-corrected chi connectivity index (χ3v) is 3.59. The molecule has 0 aromatic heterocycles. The third-order valence-electron chi connectivity index (χ3n) is 3.59. The molecule has 1 atom stereocenters. The minimum atomic E-state index is -0.855. The van der Waals surface area contributed by atoms with E-state index < -0.39 is 12.0 Å². The van der Waals surface area contributed by atoms with E-state index in [0.717, 1.165) is 12.8 Å². The number of benzene rings is 1. The van der Waals surface area contributed by atoms with Gasteiger partial charge in [0.25, 0.3) is 5.91 Å². The van der Waals surface area contributed by atoms with Crippen molar-refractivity contribution in [3.8, 4) is 17.2 Å². The van der Waals surface area contributed by atoms with Crippen molar-refractivity contribution in [2.24, 2.45) is 5.92 Å². The Hall–Kier alpha value is -2.48. The lowest BCUT2D eigenvalue weighted by Gasteiger charge is -2.16. The van der Waals surface area contributed by atoms with Crippen molar-refractivity contribution in [3.63, 3.8) is 0 Å². The number of nitrogens with one attached hydrogen (secondary N) is 2. The van der Waals surface area contributed by atoms with E-state index in [1.165, 1.54) is 21.3 Å². The highest BCUT2D eigenvalue weighted by Crippen LogP contribution is 2.39. The second-order valence-corrected chi connectivity index (χ2v) is 5.40. The molecule has 1 aliphatic carbocycles. The number of carbonyl (C=O) groups excluding carboxylic acids is 2. The van der Waals surface area contributed by atoms with Gasteiger partial charge in [-0.2, -0.15) is 0 Å². The number of amides is 2. The van der Waals surface area contributed by atoms with E-state index in [9.17, 15) is 9.59 Å².